The van der Waals surface area contributed by atoms with E-state index in [2.05, 4.69) is 0 Å². The fourth-order valence-electron chi connectivity index (χ4n) is 1.61. The van der Waals surface area contributed by atoms with Gasteiger partial charge in [-0.1, -0.05) is 25.4 Å². The molecule has 0 radical (unpaired) electrons. The van der Waals surface area contributed by atoms with Gasteiger partial charge >= 0.3 is 0 Å². The Morgan fingerprint density at radius 2 is 1.95 bits per heavy atom. The van der Waals surface area contributed by atoms with Gasteiger partial charge in [-0.05, 0) is 36.6 Å². The molecule has 0 fully saturated rings. The molecule has 0 saturated heterocycles. The minimum Gasteiger partial charge on any atom is -0.304 e. The molecule has 0 bridgehead atoms. The second-order valence-electron chi connectivity index (χ2n) is 4.99. The molecular weight excluding hydrogens is 286 g/mol. The van der Waals surface area contributed by atoms with E-state index in [1.807, 2.05) is 19.9 Å². The summed E-state index contributed by atoms with van der Waals surface area (Å²) in [5.41, 5.74) is 0. The van der Waals surface area contributed by atoms with Crippen molar-refractivity contribution in [2.75, 3.05) is 6.26 Å². The van der Waals surface area contributed by atoms with Crippen LogP contribution in [0.25, 0.3) is 0 Å². The lowest BCUT2D eigenvalue weighted by atomic mass is 10.1. The van der Waals surface area contributed by atoms with Crippen LogP contribution < -0.4 is 0 Å². The average Bonchev–Trinajstić information content (AvgIpc) is 2.27. The van der Waals surface area contributed by atoms with Gasteiger partial charge in [0.2, 0.25) is 0 Å². The van der Waals surface area contributed by atoms with Crippen LogP contribution in [0, 0.1) is 17.2 Å². The molecule has 0 unspecified atom stereocenters. The maximum absolute atomic E-state index is 12.6. The minimum absolute atomic E-state index is 0.116. The highest BCUT2D eigenvalue weighted by atomic mass is 35.5. The molecule has 0 amide bonds. The van der Waals surface area contributed by atoms with Gasteiger partial charge in [-0.3, -0.25) is 4.18 Å². The van der Waals surface area contributed by atoms with Crippen molar-refractivity contribution in [2.24, 2.45) is 5.92 Å². The van der Waals surface area contributed by atoms with Crippen LogP contribution in [0.3, 0.4) is 0 Å². The predicted octanol–water partition coefficient (Wildman–Crippen LogP) is 3.49. The molecule has 1 atom stereocenters. The normalized spacial score (nSPS) is 15.5. The third-order valence-corrected chi connectivity index (χ3v) is 4.80. The molecule has 19 heavy (non-hydrogen) atoms. The van der Waals surface area contributed by atoms with Crippen LogP contribution in [-0.4, -0.2) is 21.1 Å². The highest BCUT2D eigenvalue weighted by Crippen LogP contribution is 2.33. The molecule has 1 N–H and O–H groups in total. The second kappa shape index (κ2) is 5.59. The number of halogens is 1. The maximum Gasteiger partial charge on any atom is 0.161 e. The lowest BCUT2D eigenvalue weighted by molar-refractivity contribution is 0.202. The van der Waals surface area contributed by atoms with Crippen LogP contribution in [0.15, 0.2) is 29.2 Å². The number of nitriles is 1. The third kappa shape index (κ3) is 4.59. The molecule has 1 aromatic carbocycles. The number of hydrogen-bond donors (Lipinski definition) is 1. The highest BCUT2D eigenvalue weighted by molar-refractivity contribution is 8.10. The fraction of sp³-hybridized carbons (Fsp3) is 0.462. The monoisotopic (exact) mass is 303 g/mol. The molecule has 0 aliphatic rings. The molecule has 1 aromatic rings. The zero-order chi connectivity index (χ0) is 14.7. The lowest BCUT2D eigenvalue weighted by Crippen LogP contribution is -2.37. The fourth-order valence-corrected chi connectivity index (χ4v) is 3.27. The smallest absolute Gasteiger partial charge is 0.161 e. The van der Waals surface area contributed by atoms with Crippen molar-refractivity contribution >= 4 is 21.2 Å². The van der Waals surface area contributed by atoms with Gasteiger partial charge < -0.3 is 4.55 Å². The van der Waals surface area contributed by atoms with Gasteiger partial charge in [0.1, 0.15) is 9.63 Å². The summed E-state index contributed by atoms with van der Waals surface area (Å²) in [6, 6.07) is 7.80. The Hall–Kier alpha value is -0.930. The van der Waals surface area contributed by atoms with Crippen molar-refractivity contribution in [3.63, 3.8) is 0 Å². The Labute approximate surface area is 118 Å². The first-order chi connectivity index (χ1) is 8.62. The Bertz CT molecular complexity index is 542. The Morgan fingerprint density at radius 1 is 1.42 bits per heavy atom. The van der Waals surface area contributed by atoms with Crippen LogP contribution in [0.4, 0.5) is 0 Å². The van der Waals surface area contributed by atoms with Gasteiger partial charge in [0, 0.05) is 11.3 Å². The Balaban J connectivity index is 3.03. The van der Waals surface area contributed by atoms with E-state index >= 15 is 0 Å². The van der Waals surface area contributed by atoms with Gasteiger partial charge in [0.15, 0.2) is 6.10 Å². The summed E-state index contributed by atoms with van der Waals surface area (Å²) >= 11 is 5.74. The van der Waals surface area contributed by atoms with E-state index in [0.29, 0.717) is 11.4 Å². The summed E-state index contributed by atoms with van der Waals surface area (Å²) in [6.45, 7) is 3.83. The molecule has 0 spiro atoms. The van der Waals surface area contributed by atoms with Crippen molar-refractivity contribution in [1.29, 1.82) is 5.26 Å². The lowest BCUT2D eigenvalue weighted by Gasteiger charge is -2.34. The van der Waals surface area contributed by atoms with Crippen LogP contribution in [0.1, 0.15) is 20.3 Å². The van der Waals surface area contributed by atoms with E-state index in [4.69, 9.17) is 21.0 Å². The zero-order valence-electron chi connectivity index (χ0n) is 11.2. The van der Waals surface area contributed by atoms with Gasteiger partial charge in [0.05, 0.1) is 11.0 Å². The summed E-state index contributed by atoms with van der Waals surface area (Å²) in [6.07, 6.45) is 0.572. The number of nitrogens with zero attached hydrogens (tertiary/aromatic N) is 1. The van der Waals surface area contributed by atoms with Gasteiger partial charge in [-0.25, -0.2) is 4.21 Å². The summed E-state index contributed by atoms with van der Waals surface area (Å²) in [5.74, 6) is 0.193. The molecule has 0 aliphatic heterocycles. The Morgan fingerprint density at radius 3 is 2.37 bits per heavy atom. The van der Waals surface area contributed by atoms with E-state index in [1.165, 1.54) is 24.3 Å². The second-order valence-corrected chi connectivity index (χ2v) is 8.48. The van der Waals surface area contributed by atoms with Gasteiger partial charge in [-0.2, -0.15) is 5.26 Å². The molecular formula is C13H18ClNO3S. The molecule has 106 valence electrons. The van der Waals surface area contributed by atoms with Crippen molar-refractivity contribution in [3.05, 3.63) is 29.3 Å². The first kappa shape index (κ1) is 16.1. The van der Waals surface area contributed by atoms with E-state index in [-0.39, 0.29) is 10.8 Å². The molecule has 6 heteroatoms. The number of hydrogen-bond acceptors (Lipinski definition) is 3. The molecule has 1 rings (SSSR count). The molecule has 4 nitrogen and oxygen atoms in total. The van der Waals surface area contributed by atoms with E-state index < -0.39 is 15.7 Å². The average molecular weight is 304 g/mol. The van der Waals surface area contributed by atoms with Crippen LogP contribution in [0.5, 0.6) is 0 Å². The Kier molecular flexibility index (Phi) is 4.75. The highest BCUT2D eigenvalue weighted by Gasteiger charge is 2.34. The number of rotatable bonds is 5. The van der Waals surface area contributed by atoms with E-state index in [0.717, 1.165) is 6.26 Å². The third-order valence-electron chi connectivity index (χ3n) is 2.52. The molecule has 0 heterocycles. The predicted molar refractivity (Wildman–Crippen MR) is 76.4 cm³/mol. The summed E-state index contributed by atoms with van der Waals surface area (Å²) in [5, 5.41) is 9.48. The standard InChI is InChI=1S/C13H18ClNO3S/c1-10(2)8-12(9-15)18-19(3,16,17)13-6-4-11(14)5-7-13/h4-7,10,12H,8H2,1-3H3,(H,16,17)/t12-/m0/s1. The maximum atomic E-state index is 12.6. The molecule has 0 aliphatic carbocycles. The van der Waals surface area contributed by atoms with Crippen LogP contribution >= 0.6 is 11.6 Å². The molecule has 0 aromatic heterocycles. The van der Waals surface area contributed by atoms with Gasteiger partial charge in [0.25, 0.3) is 0 Å². The zero-order valence-corrected chi connectivity index (χ0v) is 12.7. The summed E-state index contributed by atoms with van der Waals surface area (Å²) in [4.78, 5) is 0.116. The first-order valence-electron chi connectivity index (χ1n) is 5.86. The topological polar surface area (TPSA) is 70.3 Å². The minimum atomic E-state index is -4.49. The molecule has 0 saturated carbocycles. The van der Waals surface area contributed by atoms with Crippen molar-refractivity contribution in [1.82, 2.24) is 0 Å². The quantitative estimate of drug-likeness (QED) is 0.904. The number of benzene rings is 1. The first-order valence-corrected chi connectivity index (χ1v) is 8.49. The van der Waals surface area contributed by atoms with Gasteiger partial charge in [-0.15, -0.1) is 0 Å². The van der Waals surface area contributed by atoms with Crippen molar-refractivity contribution in [3.8, 4) is 6.07 Å². The van der Waals surface area contributed by atoms with Crippen molar-refractivity contribution in [2.45, 2.75) is 31.3 Å². The van der Waals surface area contributed by atoms with Crippen molar-refractivity contribution < 1.29 is 12.9 Å². The largest absolute Gasteiger partial charge is 0.304 e. The van der Waals surface area contributed by atoms with E-state index in [1.54, 1.807) is 0 Å². The summed E-state index contributed by atoms with van der Waals surface area (Å²) in [7, 11) is -4.49. The van der Waals surface area contributed by atoms with E-state index in [9.17, 15) is 8.76 Å². The van der Waals surface area contributed by atoms with Crippen LogP contribution in [0.2, 0.25) is 5.02 Å². The SMILES string of the molecule is CC(C)C[C@@H](C#N)OS(C)(=O)(O)c1ccc(Cl)cc1. The summed E-state index contributed by atoms with van der Waals surface area (Å²) < 4.78 is 28.1. The van der Waals surface area contributed by atoms with Crippen LogP contribution in [-0.2, 0) is 13.8 Å².